The fraction of sp³-hybridized carbons (Fsp3) is 0.375. The van der Waals surface area contributed by atoms with Crippen molar-refractivity contribution in [2.24, 2.45) is 4.99 Å². The first-order valence-corrected chi connectivity index (χ1v) is 8.40. The predicted molar refractivity (Wildman–Crippen MR) is 86.3 cm³/mol. The summed E-state index contributed by atoms with van der Waals surface area (Å²) in [6.45, 7) is 2.26. The van der Waals surface area contributed by atoms with Crippen LogP contribution in [-0.4, -0.2) is 31.8 Å². The average molecular weight is 298 g/mol. The Morgan fingerprint density at radius 2 is 2.29 bits per heavy atom. The van der Waals surface area contributed by atoms with Crippen molar-refractivity contribution in [1.29, 1.82) is 0 Å². The van der Waals surface area contributed by atoms with Crippen molar-refractivity contribution in [1.82, 2.24) is 14.9 Å². The lowest BCUT2D eigenvalue weighted by Crippen LogP contribution is -2.35. The third-order valence-corrected chi connectivity index (χ3v) is 5.40. The Balaban J connectivity index is 1.78. The normalized spacial score (nSPS) is 27.8. The van der Waals surface area contributed by atoms with Gasteiger partial charge in [0.05, 0.1) is 11.7 Å². The molecule has 3 atom stereocenters. The van der Waals surface area contributed by atoms with Gasteiger partial charge in [-0.1, -0.05) is 24.8 Å². The summed E-state index contributed by atoms with van der Waals surface area (Å²) >= 11 is 1.88. The Bertz CT molecular complexity index is 638. The van der Waals surface area contributed by atoms with E-state index in [0.29, 0.717) is 6.04 Å². The molecule has 1 fully saturated rings. The molecule has 2 aliphatic rings. The molecule has 0 aromatic carbocycles. The van der Waals surface area contributed by atoms with E-state index in [-0.39, 0.29) is 12.1 Å². The first-order chi connectivity index (χ1) is 10.4. The number of nitrogens with zero attached hydrogens (tertiary/aromatic N) is 3. The van der Waals surface area contributed by atoms with Gasteiger partial charge < -0.3 is 9.88 Å². The van der Waals surface area contributed by atoms with Gasteiger partial charge in [-0.25, -0.2) is 0 Å². The van der Waals surface area contributed by atoms with Gasteiger partial charge in [0.2, 0.25) is 0 Å². The van der Waals surface area contributed by atoms with Crippen LogP contribution in [0, 0.1) is 0 Å². The molecule has 108 valence electrons. The zero-order valence-electron chi connectivity index (χ0n) is 11.9. The molecule has 0 unspecified atom stereocenters. The maximum absolute atomic E-state index is 4.98. The number of aliphatic imine (C=N–C) groups is 1. The number of pyridine rings is 1. The average Bonchev–Trinajstić information content (AvgIpc) is 3.23. The number of aromatic nitrogens is 2. The molecule has 4 heterocycles. The number of aromatic amines is 1. The Hall–Kier alpha value is -1.75. The molecule has 0 aliphatic carbocycles. The third kappa shape index (κ3) is 2.07. The third-order valence-electron chi connectivity index (χ3n) is 4.27. The van der Waals surface area contributed by atoms with E-state index in [2.05, 4.69) is 40.0 Å². The quantitative estimate of drug-likeness (QED) is 0.944. The van der Waals surface area contributed by atoms with Crippen LogP contribution in [-0.2, 0) is 0 Å². The molecule has 2 aromatic heterocycles. The molecule has 1 saturated heterocycles. The minimum absolute atomic E-state index is 0.0849. The van der Waals surface area contributed by atoms with Crippen LogP contribution in [0.4, 0.5) is 0 Å². The minimum atomic E-state index is 0.0849. The number of thioether (sulfide) groups is 1. The van der Waals surface area contributed by atoms with Crippen LogP contribution in [0.1, 0.15) is 36.8 Å². The van der Waals surface area contributed by atoms with E-state index in [1.807, 2.05) is 36.3 Å². The zero-order chi connectivity index (χ0) is 14.2. The number of hydrogen-bond acceptors (Lipinski definition) is 4. The molecule has 0 amide bonds. The summed E-state index contributed by atoms with van der Waals surface area (Å²) in [5.74, 6) is 1.14. The van der Waals surface area contributed by atoms with Gasteiger partial charge in [0.1, 0.15) is 6.04 Å². The fourth-order valence-electron chi connectivity index (χ4n) is 3.21. The monoisotopic (exact) mass is 298 g/mol. The van der Waals surface area contributed by atoms with Gasteiger partial charge in [0, 0.05) is 29.9 Å². The summed E-state index contributed by atoms with van der Waals surface area (Å²) < 4.78 is 0. The molecular weight excluding hydrogens is 280 g/mol. The summed E-state index contributed by atoms with van der Waals surface area (Å²) in [7, 11) is 0. The molecule has 0 bridgehead atoms. The Labute approximate surface area is 128 Å². The van der Waals surface area contributed by atoms with Crippen LogP contribution in [0.2, 0.25) is 0 Å². The van der Waals surface area contributed by atoms with Gasteiger partial charge in [-0.05, 0) is 30.7 Å². The Morgan fingerprint density at radius 1 is 1.33 bits per heavy atom. The molecular formula is C16H18N4S. The SMILES string of the molecule is CC[C@@H]1CSC2=N[C@H](c3ccccn3)[C@H](c3ccc[nH]3)N21. The summed E-state index contributed by atoms with van der Waals surface area (Å²) in [4.78, 5) is 15.4. The first-order valence-electron chi connectivity index (χ1n) is 7.41. The van der Waals surface area contributed by atoms with Gasteiger partial charge in [-0.2, -0.15) is 0 Å². The van der Waals surface area contributed by atoms with E-state index in [1.54, 1.807) is 0 Å². The number of H-pyrrole nitrogens is 1. The number of amidine groups is 1. The van der Waals surface area contributed by atoms with Crippen molar-refractivity contribution < 1.29 is 0 Å². The predicted octanol–water partition coefficient (Wildman–Crippen LogP) is 3.39. The summed E-state index contributed by atoms with van der Waals surface area (Å²) in [5.41, 5.74) is 2.28. The van der Waals surface area contributed by atoms with Crippen molar-refractivity contribution in [2.45, 2.75) is 31.5 Å². The molecule has 0 radical (unpaired) electrons. The van der Waals surface area contributed by atoms with E-state index < -0.39 is 0 Å². The van der Waals surface area contributed by atoms with Crippen LogP contribution >= 0.6 is 11.8 Å². The highest BCUT2D eigenvalue weighted by molar-refractivity contribution is 8.14. The molecule has 4 rings (SSSR count). The lowest BCUT2D eigenvalue weighted by atomic mass is 10.00. The molecule has 0 spiro atoms. The molecule has 5 heteroatoms. The second-order valence-electron chi connectivity index (χ2n) is 5.46. The number of rotatable bonds is 3. The van der Waals surface area contributed by atoms with Gasteiger partial charge >= 0.3 is 0 Å². The number of hydrogen-bond donors (Lipinski definition) is 1. The molecule has 0 saturated carbocycles. The standard InChI is InChI=1S/C16H18N4S/c1-2-11-10-21-16-19-14(12-6-3-4-8-17-12)15(20(11)16)13-7-5-9-18-13/h3-9,11,14-15,18H,2,10H2,1H3/t11-,14-,15+/m1/s1. The fourth-order valence-corrected chi connectivity index (χ4v) is 4.55. The minimum Gasteiger partial charge on any atom is -0.363 e. The molecule has 1 N–H and O–H groups in total. The van der Waals surface area contributed by atoms with E-state index >= 15 is 0 Å². The maximum atomic E-state index is 4.98. The van der Waals surface area contributed by atoms with E-state index in [4.69, 9.17) is 4.99 Å². The van der Waals surface area contributed by atoms with Crippen molar-refractivity contribution >= 4 is 16.9 Å². The highest BCUT2D eigenvalue weighted by atomic mass is 32.2. The van der Waals surface area contributed by atoms with Gasteiger partial charge in [0.25, 0.3) is 0 Å². The lowest BCUT2D eigenvalue weighted by Gasteiger charge is -2.30. The highest BCUT2D eigenvalue weighted by Gasteiger charge is 2.45. The van der Waals surface area contributed by atoms with Crippen LogP contribution in [0.3, 0.4) is 0 Å². The molecule has 4 nitrogen and oxygen atoms in total. The maximum Gasteiger partial charge on any atom is 0.160 e. The smallest absolute Gasteiger partial charge is 0.160 e. The van der Waals surface area contributed by atoms with Crippen molar-refractivity contribution in [2.75, 3.05) is 5.75 Å². The van der Waals surface area contributed by atoms with Gasteiger partial charge in [0.15, 0.2) is 5.17 Å². The Kier molecular flexibility index (Phi) is 3.22. The van der Waals surface area contributed by atoms with Crippen LogP contribution < -0.4 is 0 Å². The molecule has 2 aromatic rings. The lowest BCUT2D eigenvalue weighted by molar-refractivity contribution is 0.251. The molecule has 21 heavy (non-hydrogen) atoms. The van der Waals surface area contributed by atoms with Crippen molar-refractivity contribution in [3.63, 3.8) is 0 Å². The van der Waals surface area contributed by atoms with E-state index in [1.165, 1.54) is 10.9 Å². The highest BCUT2D eigenvalue weighted by Crippen LogP contribution is 2.47. The van der Waals surface area contributed by atoms with Gasteiger partial charge in [-0.3, -0.25) is 9.98 Å². The topological polar surface area (TPSA) is 44.3 Å². The second-order valence-corrected chi connectivity index (χ2v) is 6.45. The summed E-state index contributed by atoms with van der Waals surface area (Å²) in [6.07, 6.45) is 5.00. The van der Waals surface area contributed by atoms with Gasteiger partial charge in [-0.15, -0.1) is 0 Å². The largest absolute Gasteiger partial charge is 0.363 e. The molecule has 2 aliphatic heterocycles. The number of nitrogens with one attached hydrogen (secondary N) is 1. The second kappa shape index (κ2) is 5.22. The Morgan fingerprint density at radius 3 is 3.00 bits per heavy atom. The first kappa shape index (κ1) is 13.0. The summed E-state index contributed by atoms with van der Waals surface area (Å²) in [6, 6.07) is 11.2. The van der Waals surface area contributed by atoms with Crippen LogP contribution in [0.25, 0.3) is 0 Å². The van der Waals surface area contributed by atoms with Crippen molar-refractivity contribution in [3.05, 3.63) is 54.1 Å². The van der Waals surface area contributed by atoms with Crippen LogP contribution in [0.5, 0.6) is 0 Å². The van der Waals surface area contributed by atoms with E-state index in [9.17, 15) is 0 Å². The number of fused-ring (bicyclic) bond motifs is 1. The van der Waals surface area contributed by atoms with Crippen LogP contribution in [0.15, 0.2) is 47.7 Å². The van der Waals surface area contributed by atoms with E-state index in [0.717, 1.165) is 17.9 Å². The zero-order valence-corrected chi connectivity index (χ0v) is 12.8. The summed E-state index contributed by atoms with van der Waals surface area (Å²) in [5, 5.41) is 1.18. The van der Waals surface area contributed by atoms with Crippen molar-refractivity contribution in [3.8, 4) is 0 Å².